The van der Waals surface area contributed by atoms with Crippen molar-refractivity contribution in [3.05, 3.63) is 42.5 Å². The van der Waals surface area contributed by atoms with Crippen molar-refractivity contribution < 1.29 is 0 Å². The van der Waals surface area contributed by atoms with Gasteiger partial charge in [-0.25, -0.2) is 4.98 Å². The Morgan fingerprint density at radius 2 is 2.17 bits per heavy atom. The van der Waals surface area contributed by atoms with Crippen LogP contribution >= 0.6 is 0 Å². The third-order valence-electron chi connectivity index (χ3n) is 3.46. The van der Waals surface area contributed by atoms with Crippen molar-refractivity contribution in [2.24, 2.45) is 0 Å². The van der Waals surface area contributed by atoms with Crippen molar-refractivity contribution in [3.8, 4) is 0 Å². The number of fused-ring (bicyclic) bond motifs is 3. The highest BCUT2D eigenvalue weighted by molar-refractivity contribution is 6.09. The standard InChI is InChI=1S/C14H12N4/c1-3-15-5-9(1)12-8-16-6-10-7-18-14-11(13(10)12)2-4-17-14/h1-2,4,6-8,15H,3,5H2,(H,17,18). The Morgan fingerprint density at radius 3 is 3.06 bits per heavy atom. The quantitative estimate of drug-likeness (QED) is 0.680. The highest BCUT2D eigenvalue weighted by Crippen LogP contribution is 2.30. The summed E-state index contributed by atoms with van der Waals surface area (Å²) < 4.78 is 0. The molecule has 0 atom stereocenters. The molecular weight excluding hydrogens is 224 g/mol. The molecule has 4 rings (SSSR count). The molecule has 0 fully saturated rings. The summed E-state index contributed by atoms with van der Waals surface area (Å²) in [6.45, 7) is 1.85. The van der Waals surface area contributed by atoms with Gasteiger partial charge in [0.25, 0.3) is 0 Å². The summed E-state index contributed by atoms with van der Waals surface area (Å²) in [5.41, 5.74) is 3.47. The van der Waals surface area contributed by atoms with Crippen LogP contribution in [-0.2, 0) is 0 Å². The van der Waals surface area contributed by atoms with Gasteiger partial charge in [-0.1, -0.05) is 6.08 Å². The molecule has 4 heterocycles. The fourth-order valence-electron chi connectivity index (χ4n) is 2.60. The molecule has 4 nitrogen and oxygen atoms in total. The summed E-state index contributed by atoms with van der Waals surface area (Å²) in [5.74, 6) is 0. The predicted molar refractivity (Wildman–Crippen MR) is 72.2 cm³/mol. The first kappa shape index (κ1) is 9.79. The van der Waals surface area contributed by atoms with E-state index in [0.29, 0.717) is 0 Å². The van der Waals surface area contributed by atoms with E-state index in [-0.39, 0.29) is 0 Å². The Hall–Kier alpha value is -2.20. The molecule has 1 aliphatic heterocycles. The third kappa shape index (κ3) is 1.29. The second kappa shape index (κ2) is 3.65. The van der Waals surface area contributed by atoms with Crippen molar-refractivity contribution in [1.29, 1.82) is 0 Å². The highest BCUT2D eigenvalue weighted by Gasteiger charge is 2.13. The molecule has 1 aliphatic rings. The average molecular weight is 236 g/mol. The molecule has 0 bridgehead atoms. The van der Waals surface area contributed by atoms with Crippen LogP contribution in [0.4, 0.5) is 0 Å². The molecule has 0 saturated heterocycles. The topological polar surface area (TPSA) is 53.6 Å². The molecule has 4 heteroatoms. The maximum absolute atomic E-state index is 4.41. The maximum atomic E-state index is 4.41. The lowest BCUT2D eigenvalue weighted by Gasteiger charge is -2.07. The summed E-state index contributed by atoms with van der Waals surface area (Å²) in [5, 5.41) is 6.83. The minimum Gasteiger partial charge on any atom is -0.346 e. The molecule has 0 aromatic carbocycles. The van der Waals surface area contributed by atoms with Crippen LogP contribution in [0.3, 0.4) is 0 Å². The molecule has 0 saturated carbocycles. The maximum Gasteiger partial charge on any atom is 0.137 e. The van der Waals surface area contributed by atoms with E-state index in [2.05, 4.69) is 32.4 Å². The van der Waals surface area contributed by atoms with E-state index in [9.17, 15) is 0 Å². The first-order chi connectivity index (χ1) is 8.93. The van der Waals surface area contributed by atoms with E-state index < -0.39 is 0 Å². The van der Waals surface area contributed by atoms with Gasteiger partial charge < -0.3 is 10.3 Å². The van der Waals surface area contributed by atoms with Crippen molar-refractivity contribution in [3.63, 3.8) is 0 Å². The van der Waals surface area contributed by atoms with Crippen LogP contribution in [0.15, 0.2) is 36.9 Å². The Bertz CT molecular complexity index is 770. The number of hydrogen-bond acceptors (Lipinski definition) is 3. The fourth-order valence-corrected chi connectivity index (χ4v) is 2.60. The number of rotatable bonds is 1. The number of nitrogens with zero attached hydrogens (tertiary/aromatic N) is 2. The van der Waals surface area contributed by atoms with Gasteiger partial charge in [-0.15, -0.1) is 0 Å². The zero-order chi connectivity index (χ0) is 11.9. The Balaban J connectivity index is 2.15. The van der Waals surface area contributed by atoms with Gasteiger partial charge in [-0.2, -0.15) is 0 Å². The normalized spacial score (nSPS) is 15.4. The fraction of sp³-hybridized carbons (Fsp3) is 0.143. The summed E-state index contributed by atoms with van der Waals surface area (Å²) in [6.07, 6.45) is 9.88. The molecule has 0 radical (unpaired) electrons. The van der Waals surface area contributed by atoms with E-state index in [1.54, 1.807) is 0 Å². The number of aromatic amines is 1. The Morgan fingerprint density at radius 1 is 1.17 bits per heavy atom. The van der Waals surface area contributed by atoms with Crippen molar-refractivity contribution in [1.82, 2.24) is 20.3 Å². The lowest BCUT2D eigenvalue weighted by atomic mass is 10.0. The number of nitrogens with one attached hydrogen (secondary N) is 2. The molecule has 3 aromatic heterocycles. The molecular formula is C14H12N4. The van der Waals surface area contributed by atoms with Crippen LogP contribution in [-0.4, -0.2) is 28.0 Å². The molecule has 3 aromatic rings. The number of pyridine rings is 2. The van der Waals surface area contributed by atoms with Crippen LogP contribution in [0.5, 0.6) is 0 Å². The van der Waals surface area contributed by atoms with E-state index in [1.807, 2.05) is 24.8 Å². The van der Waals surface area contributed by atoms with Gasteiger partial charge in [0.1, 0.15) is 5.65 Å². The van der Waals surface area contributed by atoms with Crippen LogP contribution in [0, 0.1) is 0 Å². The van der Waals surface area contributed by atoms with E-state index in [0.717, 1.165) is 29.5 Å². The first-order valence-corrected chi connectivity index (χ1v) is 6.03. The lowest BCUT2D eigenvalue weighted by molar-refractivity contribution is 0.897. The highest BCUT2D eigenvalue weighted by atomic mass is 14.9. The number of H-pyrrole nitrogens is 1. The summed E-state index contributed by atoms with van der Waals surface area (Å²) in [4.78, 5) is 11.9. The van der Waals surface area contributed by atoms with Crippen LogP contribution in [0.2, 0.25) is 0 Å². The van der Waals surface area contributed by atoms with Crippen molar-refractivity contribution >= 4 is 27.4 Å². The lowest BCUT2D eigenvalue weighted by Crippen LogP contribution is -2.07. The second-order valence-corrected chi connectivity index (χ2v) is 4.51. The molecule has 18 heavy (non-hydrogen) atoms. The number of aromatic nitrogens is 3. The van der Waals surface area contributed by atoms with Gasteiger partial charge in [0.05, 0.1) is 0 Å². The van der Waals surface area contributed by atoms with Crippen molar-refractivity contribution in [2.75, 3.05) is 13.1 Å². The smallest absolute Gasteiger partial charge is 0.137 e. The Labute approximate surface area is 104 Å². The minimum atomic E-state index is 0.912. The van der Waals surface area contributed by atoms with Gasteiger partial charge in [-0.05, 0) is 11.6 Å². The minimum absolute atomic E-state index is 0.912. The summed E-state index contributed by atoms with van der Waals surface area (Å²) in [6, 6.07) is 2.08. The van der Waals surface area contributed by atoms with Gasteiger partial charge in [0.15, 0.2) is 0 Å². The summed E-state index contributed by atoms with van der Waals surface area (Å²) >= 11 is 0. The van der Waals surface area contributed by atoms with Gasteiger partial charge >= 0.3 is 0 Å². The van der Waals surface area contributed by atoms with Crippen LogP contribution in [0.1, 0.15) is 5.56 Å². The van der Waals surface area contributed by atoms with Gasteiger partial charge in [-0.3, -0.25) is 4.98 Å². The monoisotopic (exact) mass is 236 g/mol. The molecule has 0 aliphatic carbocycles. The summed E-state index contributed by atoms with van der Waals surface area (Å²) in [7, 11) is 0. The van der Waals surface area contributed by atoms with Gasteiger partial charge in [0.2, 0.25) is 0 Å². The van der Waals surface area contributed by atoms with Crippen molar-refractivity contribution in [2.45, 2.75) is 0 Å². The SMILES string of the molecule is C1=C(c2cncc3cnc4[nH]ccc4c23)CNC1. The third-order valence-corrected chi connectivity index (χ3v) is 3.46. The first-order valence-electron chi connectivity index (χ1n) is 6.03. The van der Waals surface area contributed by atoms with E-state index in [1.165, 1.54) is 16.5 Å². The Kier molecular flexibility index (Phi) is 1.98. The zero-order valence-electron chi connectivity index (χ0n) is 9.77. The molecule has 0 amide bonds. The molecule has 88 valence electrons. The predicted octanol–water partition coefficient (Wildman–Crippen LogP) is 2.10. The number of hydrogen-bond donors (Lipinski definition) is 2. The molecule has 0 spiro atoms. The van der Waals surface area contributed by atoms with Crippen LogP contribution < -0.4 is 5.32 Å². The average Bonchev–Trinajstić information content (AvgIpc) is 3.09. The molecule has 2 N–H and O–H groups in total. The van der Waals surface area contributed by atoms with Gasteiger partial charge in [0, 0.05) is 59.6 Å². The largest absolute Gasteiger partial charge is 0.346 e. The van der Waals surface area contributed by atoms with E-state index in [4.69, 9.17) is 0 Å². The molecule has 0 unspecified atom stereocenters. The van der Waals surface area contributed by atoms with E-state index >= 15 is 0 Å². The second-order valence-electron chi connectivity index (χ2n) is 4.51. The zero-order valence-corrected chi connectivity index (χ0v) is 9.77. The van der Waals surface area contributed by atoms with Crippen LogP contribution in [0.25, 0.3) is 27.4 Å².